The summed E-state index contributed by atoms with van der Waals surface area (Å²) in [6, 6.07) is 23.2. The summed E-state index contributed by atoms with van der Waals surface area (Å²) in [5.74, 6) is -0.108. The van der Waals surface area contributed by atoms with Gasteiger partial charge in [-0.1, -0.05) is 48.5 Å². The molecule has 2 aromatic carbocycles. The van der Waals surface area contributed by atoms with Gasteiger partial charge in [0.25, 0.3) is 0 Å². The first-order valence-electron chi connectivity index (χ1n) is 7.97. The molecule has 3 aromatic rings. The van der Waals surface area contributed by atoms with Crippen molar-refractivity contribution in [2.75, 3.05) is 11.9 Å². The second-order valence-corrected chi connectivity index (χ2v) is 6.36. The summed E-state index contributed by atoms with van der Waals surface area (Å²) in [5, 5.41) is 6.20. The Labute approximate surface area is 155 Å². The number of nitrogens with one attached hydrogen (secondary N) is 2. The van der Waals surface area contributed by atoms with E-state index in [9.17, 15) is 4.79 Å². The maximum absolute atomic E-state index is 12.3. The van der Waals surface area contributed by atoms with Gasteiger partial charge >= 0.3 is 0 Å². The lowest BCUT2D eigenvalue weighted by molar-refractivity contribution is -0.115. The zero-order chi connectivity index (χ0) is 17.5. The largest absolute Gasteiger partial charge is 0.324 e. The molecule has 126 valence electrons. The van der Waals surface area contributed by atoms with Gasteiger partial charge in [-0.2, -0.15) is 0 Å². The maximum atomic E-state index is 12.3. The van der Waals surface area contributed by atoms with E-state index < -0.39 is 0 Å². The van der Waals surface area contributed by atoms with Gasteiger partial charge in [-0.3, -0.25) is 15.1 Å². The first-order chi connectivity index (χ1) is 12.2. The van der Waals surface area contributed by atoms with Gasteiger partial charge in [0.1, 0.15) is 0 Å². The fourth-order valence-electron chi connectivity index (χ4n) is 2.54. The molecule has 1 aromatic heterocycles. The van der Waals surface area contributed by atoms with Crippen LogP contribution in [0.25, 0.3) is 0 Å². The third-order valence-electron chi connectivity index (χ3n) is 3.73. The molecule has 25 heavy (non-hydrogen) atoms. The average molecular weight is 396 g/mol. The van der Waals surface area contributed by atoms with Gasteiger partial charge < -0.3 is 5.32 Å². The number of amides is 1. The van der Waals surface area contributed by atoms with Crippen molar-refractivity contribution in [1.82, 2.24) is 10.3 Å². The first-order valence-corrected chi connectivity index (χ1v) is 8.77. The van der Waals surface area contributed by atoms with E-state index >= 15 is 0 Å². The smallest absolute Gasteiger partial charge is 0.238 e. The number of aromatic nitrogens is 1. The van der Waals surface area contributed by atoms with Crippen molar-refractivity contribution < 1.29 is 4.79 Å². The van der Waals surface area contributed by atoms with Crippen molar-refractivity contribution in [1.29, 1.82) is 0 Å². The van der Waals surface area contributed by atoms with Crippen LogP contribution in [0.2, 0.25) is 0 Å². The number of carbonyl (C=O) groups excluding carboxylic acids is 1. The molecule has 1 heterocycles. The van der Waals surface area contributed by atoms with Crippen LogP contribution in [-0.4, -0.2) is 17.4 Å². The summed E-state index contributed by atoms with van der Waals surface area (Å²) in [4.78, 5) is 16.7. The van der Waals surface area contributed by atoms with Crippen molar-refractivity contribution in [2.45, 2.75) is 6.04 Å². The Balaban J connectivity index is 1.71. The zero-order valence-corrected chi connectivity index (χ0v) is 15.1. The number of para-hydroxylation sites is 1. The van der Waals surface area contributed by atoms with Gasteiger partial charge in [-0.05, 0) is 45.8 Å². The lowest BCUT2D eigenvalue weighted by atomic mass is 10.0. The summed E-state index contributed by atoms with van der Waals surface area (Å²) >= 11 is 3.43. The number of carbonyl (C=O) groups is 1. The second kappa shape index (κ2) is 8.55. The number of rotatable bonds is 6. The highest BCUT2D eigenvalue weighted by Gasteiger charge is 2.16. The molecule has 0 fully saturated rings. The summed E-state index contributed by atoms with van der Waals surface area (Å²) in [6.07, 6.45) is 1.76. The van der Waals surface area contributed by atoms with Crippen molar-refractivity contribution in [3.05, 3.63) is 94.7 Å². The Morgan fingerprint density at radius 1 is 0.960 bits per heavy atom. The van der Waals surface area contributed by atoms with Gasteiger partial charge in [-0.25, -0.2) is 0 Å². The number of halogens is 1. The maximum Gasteiger partial charge on any atom is 0.238 e. The molecule has 0 bridgehead atoms. The van der Waals surface area contributed by atoms with Gasteiger partial charge in [-0.15, -0.1) is 0 Å². The van der Waals surface area contributed by atoms with Crippen LogP contribution in [0.4, 0.5) is 5.69 Å². The number of hydrogen-bond acceptors (Lipinski definition) is 3. The topological polar surface area (TPSA) is 54.0 Å². The van der Waals surface area contributed by atoms with Crippen LogP contribution in [0.5, 0.6) is 0 Å². The Morgan fingerprint density at radius 2 is 1.68 bits per heavy atom. The van der Waals surface area contributed by atoms with E-state index in [2.05, 4.69) is 31.5 Å². The van der Waals surface area contributed by atoms with Gasteiger partial charge in [0, 0.05) is 10.7 Å². The number of hydrogen-bond donors (Lipinski definition) is 2. The van der Waals surface area contributed by atoms with Gasteiger partial charge in [0.05, 0.1) is 24.0 Å². The molecule has 5 heteroatoms. The van der Waals surface area contributed by atoms with Crippen LogP contribution >= 0.6 is 15.9 Å². The molecule has 4 nitrogen and oxygen atoms in total. The minimum absolute atomic E-state index is 0.108. The van der Waals surface area contributed by atoms with Crippen LogP contribution in [0.15, 0.2) is 83.5 Å². The number of pyridine rings is 1. The number of benzene rings is 2. The summed E-state index contributed by atoms with van der Waals surface area (Å²) in [6.45, 7) is 0.178. The highest BCUT2D eigenvalue weighted by molar-refractivity contribution is 9.10. The lowest BCUT2D eigenvalue weighted by Crippen LogP contribution is -2.32. The highest BCUT2D eigenvalue weighted by Crippen LogP contribution is 2.22. The van der Waals surface area contributed by atoms with Crippen molar-refractivity contribution in [3.8, 4) is 0 Å². The molecule has 1 unspecified atom stereocenters. The summed E-state index contributed by atoms with van der Waals surface area (Å²) < 4.78 is 0.854. The third-order valence-corrected chi connectivity index (χ3v) is 4.42. The van der Waals surface area contributed by atoms with E-state index in [4.69, 9.17) is 0 Å². The Kier molecular flexibility index (Phi) is 5.93. The molecular formula is C20H18BrN3O. The predicted molar refractivity (Wildman–Crippen MR) is 103 cm³/mol. The van der Waals surface area contributed by atoms with E-state index in [0.29, 0.717) is 0 Å². The molecule has 0 radical (unpaired) electrons. The van der Waals surface area contributed by atoms with Crippen LogP contribution < -0.4 is 10.6 Å². The summed E-state index contributed by atoms with van der Waals surface area (Å²) in [5.41, 5.74) is 2.70. The number of nitrogens with zero attached hydrogens (tertiary/aromatic N) is 1. The van der Waals surface area contributed by atoms with Crippen molar-refractivity contribution >= 4 is 27.5 Å². The molecular weight excluding hydrogens is 378 g/mol. The van der Waals surface area contributed by atoms with Crippen LogP contribution in [0.3, 0.4) is 0 Å². The van der Waals surface area contributed by atoms with E-state index in [1.165, 1.54) is 0 Å². The molecule has 1 atom stereocenters. The first kappa shape index (κ1) is 17.3. The minimum Gasteiger partial charge on any atom is -0.324 e. The molecule has 3 rings (SSSR count). The minimum atomic E-state index is -0.146. The fourth-order valence-corrected chi connectivity index (χ4v) is 2.92. The highest BCUT2D eigenvalue weighted by atomic mass is 79.9. The quantitative estimate of drug-likeness (QED) is 0.658. The van der Waals surface area contributed by atoms with Crippen molar-refractivity contribution in [3.63, 3.8) is 0 Å². The molecule has 2 N–H and O–H groups in total. The number of anilines is 1. The van der Waals surface area contributed by atoms with E-state index in [1.807, 2.05) is 72.8 Å². The van der Waals surface area contributed by atoms with Gasteiger partial charge in [0.15, 0.2) is 0 Å². The predicted octanol–water partition coefficient (Wildman–Crippen LogP) is 4.16. The molecule has 0 aliphatic rings. The third kappa shape index (κ3) is 4.75. The molecule has 0 saturated carbocycles. The van der Waals surface area contributed by atoms with Crippen LogP contribution in [-0.2, 0) is 4.79 Å². The van der Waals surface area contributed by atoms with E-state index in [1.54, 1.807) is 6.20 Å². The summed E-state index contributed by atoms with van der Waals surface area (Å²) in [7, 11) is 0. The normalized spacial score (nSPS) is 11.7. The zero-order valence-electron chi connectivity index (χ0n) is 13.5. The monoisotopic (exact) mass is 395 g/mol. The fraction of sp³-hybridized carbons (Fsp3) is 0.100. The second-order valence-electron chi connectivity index (χ2n) is 5.51. The Morgan fingerprint density at radius 3 is 2.40 bits per heavy atom. The van der Waals surface area contributed by atoms with E-state index in [-0.39, 0.29) is 18.5 Å². The van der Waals surface area contributed by atoms with Crippen molar-refractivity contribution in [2.24, 2.45) is 0 Å². The van der Waals surface area contributed by atoms with Crippen LogP contribution in [0, 0.1) is 0 Å². The molecule has 0 spiro atoms. The molecule has 0 aliphatic carbocycles. The Hall–Kier alpha value is -2.50. The molecule has 0 saturated heterocycles. The van der Waals surface area contributed by atoms with E-state index in [0.717, 1.165) is 21.4 Å². The SMILES string of the molecule is O=C(CNC(c1ccccc1)c1ccccn1)Nc1ccccc1Br. The molecule has 0 aliphatic heterocycles. The van der Waals surface area contributed by atoms with Crippen LogP contribution in [0.1, 0.15) is 17.3 Å². The average Bonchev–Trinajstić information content (AvgIpc) is 2.66. The standard InChI is InChI=1S/C20H18BrN3O/c21-16-10-4-5-11-17(16)24-19(25)14-23-20(15-8-2-1-3-9-15)18-12-6-7-13-22-18/h1-13,20,23H,14H2,(H,24,25). The lowest BCUT2D eigenvalue weighted by Gasteiger charge is -2.19. The molecule has 1 amide bonds. The Bertz CT molecular complexity index is 785. The van der Waals surface area contributed by atoms with Gasteiger partial charge in [0.2, 0.25) is 5.91 Å².